The van der Waals surface area contributed by atoms with Gasteiger partial charge in [0.1, 0.15) is 18.3 Å². The number of aromatic nitrogens is 5. The molecule has 1 saturated heterocycles. The van der Waals surface area contributed by atoms with Crippen molar-refractivity contribution in [3.63, 3.8) is 0 Å². The first-order valence-electron chi connectivity index (χ1n) is 12.3. The molecule has 6 atom stereocenters. The van der Waals surface area contributed by atoms with Crippen LogP contribution in [0.1, 0.15) is 43.7 Å². The van der Waals surface area contributed by atoms with E-state index in [2.05, 4.69) is 32.4 Å². The average molecular weight is 619 g/mol. The molecule has 1 fully saturated rings. The van der Waals surface area contributed by atoms with Gasteiger partial charge in [-0.05, 0) is 49.4 Å². The van der Waals surface area contributed by atoms with Crippen LogP contribution in [0.15, 0.2) is 24.3 Å². The predicted molar refractivity (Wildman–Crippen MR) is 142 cm³/mol. The second-order valence-electron chi connectivity index (χ2n) is 10.3. The van der Waals surface area contributed by atoms with Gasteiger partial charge in [-0.2, -0.15) is 14.6 Å². The summed E-state index contributed by atoms with van der Waals surface area (Å²) < 4.78 is 36.1. The van der Waals surface area contributed by atoms with Crippen molar-refractivity contribution in [1.29, 1.82) is 0 Å². The molecule has 2 aromatic heterocycles. The van der Waals surface area contributed by atoms with Crippen LogP contribution in [0.5, 0.6) is 0 Å². The van der Waals surface area contributed by atoms with Crippen LogP contribution < -0.4 is 4.90 Å². The molecule has 2 aliphatic rings. The molecule has 3 heterocycles. The molecule has 15 nitrogen and oxygen atoms in total. The molecule has 40 heavy (non-hydrogen) atoms. The highest BCUT2D eigenvalue weighted by Crippen LogP contribution is 2.71. The Morgan fingerprint density at radius 3 is 2.58 bits per heavy atom. The highest BCUT2D eigenvalue weighted by Gasteiger charge is 2.55. The summed E-state index contributed by atoms with van der Waals surface area (Å²) in [5, 5.41) is 29.5. The molecule has 1 aliphatic carbocycles. The molecular weight excluding hydrogens is 590 g/mol. The smallest absolute Gasteiger partial charge is 0.345 e. The van der Waals surface area contributed by atoms with E-state index in [0.717, 1.165) is 36.9 Å². The molecular formula is C22H29ClN6O9P2. The summed E-state index contributed by atoms with van der Waals surface area (Å²) in [4.78, 5) is 37.3. The number of aliphatic hydroxyl groups excluding tert-OH is 2. The summed E-state index contributed by atoms with van der Waals surface area (Å²) in [6.45, 7) is 1.02. The number of halogens is 1. The van der Waals surface area contributed by atoms with Crippen LogP contribution in [-0.4, -0.2) is 86.7 Å². The Hall–Kier alpha value is -2.03. The summed E-state index contributed by atoms with van der Waals surface area (Å²) in [5.41, 5.74) is 2.77. The first kappa shape index (κ1) is 29.5. The predicted octanol–water partition coefficient (Wildman–Crippen LogP) is 1.73. The maximum atomic E-state index is 12.6. The Labute approximate surface area is 233 Å². The second kappa shape index (κ2) is 10.4. The van der Waals surface area contributed by atoms with Crippen molar-refractivity contribution in [2.45, 2.75) is 62.2 Å². The lowest BCUT2D eigenvalue weighted by Gasteiger charge is -2.30. The molecule has 218 valence electrons. The number of rotatable bonds is 8. The van der Waals surface area contributed by atoms with Gasteiger partial charge < -0.3 is 39.1 Å². The zero-order valence-electron chi connectivity index (χ0n) is 21.6. The summed E-state index contributed by atoms with van der Waals surface area (Å²) in [7, 11) is -8.10. The molecule has 0 spiro atoms. The molecule has 3 aromatic rings. The van der Waals surface area contributed by atoms with Gasteiger partial charge in [0.25, 0.3) is 0 Å². The lowest BCUT2D eigenvalue weighted by atomic mass is 10.1. The molecule has 1 aromatic carbocycles. The van der Waals surface area contributed by atoms with Crippen molar-refractivity contribution in [3.05, 3.63) is 40.7 Å². The Balaban J connectivity index is 1.40. The Morgan fingerprint density at radius 1 is 1.18 bits per heavy atom. The monoisotopic (exact) mass is 618 g/mol. The molecule has 0 radical (unpaired) electrons. The van der Waals surface area contributed by atoms with Gasteiger partial charge in [0.2, 0.25) is 5.28 Å². The lowest BCUT2D eigenvalue weighted by molar-refractivity contribution is -0.0553. The Morgan fingerprint density at radius 2 is 1.88 bits per heavy atom. The molecule has 0 bridgehead atoms. The third-order valence-electron chi connectivity index (χ3n) is 7.58. The van der Waals surface area contributed by atoms with E-state index in [1.54, 1.807) is 0 Å². The number of nitrogens with zero attached hydrogens (tertiary/aromatic N) is 6. The zero-order chi connectivity index (χ0) is 29.2. The maximum absolute atomic E-state index is 12.6. The highest BCUT2D eigenvalue weighted by atomic mass is 35.5. The fourth-order valence-corrected chi connectivity index (χ4v) is 7.17. The molecule has 1 unspecified atom stereocenters. The van der Waals surface area contributed by atoms with E-state index >= 15 is 0 Å². The Bertz CT molecular complexity index is 1530. The van der Waals surface area contributed by atoms with Crippen molar-refractivity contribution in [1.82, 2.24) is 25.0 Å². The van der Waals surface area contributed by atoms with Gasteiger partial charge in [0, 0.05) is 7.05 Å². The van der Waals surface area contributed by atoms with Crippen molar-refractivity contribution in [3.8, 4) is 0 Å². The quantitative estimate of drug-likeness (QED) is 0.180. The molecule has 1 aliphatic heterocycles. The largest absolute Gasteiger partial charge is 0.387 e. The van der Waals surface area contributed by atoms with E-state index in [9.17, 15) is 34.0 Å². The van der Waals surface area contributed by atoms with Crippen LogP contribution in [0.25, 0.3) is 11.2 Å². The third-order valence-corrected chi connectivity index (χ3v) is 12.6. The summed E-state index contributed by atoms with van der Waals surface area (Å²) in [5.74, 6) is 0.400. The van der Waals surface area contributed by atoms with Crippen molar-refractivity contribution < 1.29 is 43.3 Å². The molecule has 18 heteroatoms. The van der Waals surface area contributed by atoms with Gasteiger partial charge in [-0.25, -0.2) is 0 Å². The highest BCUT2D eigenvalue weighted by molar-refractivity contribution is 7.72. The van der Waals surface area contributed by atoms with Crippen molar-refractivity contribution in [2.75, 3.05) is 18.6 Å². The molecule has 0 saturated carbocycles. The average Bonchev–Trinajstić information content (AvgIpc) is 3.57. The standard InChI is InChI=1S/C22H29ClN6O9P2/c1-22(2,39(32,33)34)40(35,36)37-10-14-16(30)17(31)20(38-14)29-19-15(26-27-29)18(24-21(23)25-19)28(3)13-9-8-11-6-4-5-7-12(11)13/h4-7,13-14,16-17,20,30-31H,8-10H2,1-3H3,(H,35,36)(H2,32,33,34)/t13-,14-,16-,17-,20-/m1/s1. The van der Waals surface area contributed by atoms with E-state index in [1.165, 1.54) is 5.56 Å². The van der Waals surface area contributed by atoms with E-state index in [-0.39, 0.29) is 22.5 Å². The van der Waals surface area contributed by atoms with Crippen LogP contribution >= 0.6 is 26.8 Å². The maximum Gasteiger partial charge on any atom is 0.345 e. The van der Waals surface area contributed by atoms with E-state index in [4.69, 9.17) is 20.9 Å². The molecule has 5 N–H and O–H groups in total. The summed E-state index contributed by atoms with van der Waals surface area (Å²) >= 11 is 6.27. The first-order chi connectivity index (χ1) is 18.6. The third kappa shape index (κ3) is 4.88. The van der Waals surface area contributed by atoms with Gasteiger partial charge in [0.15, 0.2) is 28.1 Å². The molecule has 0 amide bonds. The first-order valence-corrected chi connectivity index (χ1v) is 15.8. The van der Waals surface area contributed by atoms with E-state index < -0.39 is 51.2 Å². The number of ether oxygens (including phenoxy) is 1. The minimum absolute atomic E-state index is 0.00115. The minimum atomic E-state index is -5.05. The van der Waals surface area contributed by atoms with Crippen LogP contribution in [0.4, 0.5) is 5.82 Å². The van der Waals surface area contributed by atoms with Gasteiger partial charge in [-0.3, -0.25) is 9.13 Å². The minimum Gasteiger partial charge on any atom is -0.387 e. The number of aliphatic hydroxyl groups is 2. The van der Waals surface area contributed by atoms with Crippen LogP contribution in [-0.2, 0) is 24.8 Å². The fourth-order valence-electron chi connectivity index (χ4n) is 4.86. The fraction of sp³-hybridized carbons (Fsp3) is 0.545. The Kier molecular flexibility index (Phi) is 7.63. The number of hydrogen-bond donors (Lipinski definition) is 5. The number of fused-ring (bicyclic) bond motifs is 2. The van der Waals surface area contributed by atoms with E-state index in [1.807, 2.05) is 24.1 Å². The van der Waals surface area contributed by atoms with Crippen molar-refractivity contribution in [2.24, 2.45) is 0 Å². The zero-order valence-corrected chi connectivity index (χ0v) is 24.2. The number of aryl methyl sites for hydroxylation is 1. The number of hydrogen-bond acceptors (Lipinski definition) is 11. The van der Waals surface area contributed by atoms with Crippen molar-refractivity contribution >= 4 is 43.8 Å². The summed E-state index contributed by atoms with van der Waals surface area (Å²) in [6.07, 6.45) is -4.17. The van der Waals surface area contributed by atoms with E-state index in [0.29, 0.717) is 5.82 Å². The SMILES string of the molecule is CN(c1nc(Cl)nc2c1nnn2[C@@H]1O[C@H](COP(=O)(O)C(C)(C)P(=O)(O)O)[C@@H](O)[C@H]1O)[C@@H]1CCc2ccccc21. The van der Waals surface area contributed by atoms with Gasteiger partial charge >= 0.3 is 15.2 Å². The van der Waals surface area contributed by atoms with Crippen LogP contribution in [0.2, 0.25) is 5.28 Å². The normalized spacial score (nSPS) is 26.7. The second-order valence-corrected chi connectivity index (χ2v) is 15.6. The summed E-state index contributed by atoms with van der Waals surface area (Å²) in [6, 6.07) is 8.09. The van der Waals surface area contributed by atoms with Gasteiger partial charge in [0.05, 0.1) is 12.6 Å². The van der Waals surface area contributed by atoms with Crippen LogP contribution in [0, 0.1) is 0 Å². The van der Waals surface area contributed by atoms with Crippen LogP contribution in [0.3, 0.4) is 0 Å². The lowest BCUT2D eigenvalue weighted by Crippen LogP contribution is -2.34. The number of anilines is 1. The number of benzene rings is 1. The van der Waals surface area contributed by atoms with Gasteiger partial charge in [-0.15, -0.1) is 5.10 Å². The topological polar surface area (TPSA) is 213 Å². The van der Waals surface area contributed by atoms with Gasteiger partial charge in [-0.1, -0.05) is 29.5 Å². The molecule has 5 rings (SSSR count).